The van der Waals surface area contributed by atoms with E-state index in [1.807, 2.05) is 24.3 Å². The number of ether oxygens (including phenoxy) is 1. The average Bonchev–Trinajstić information content (AvgIpc) is 2.51. The number of rotatable bonds is 3. The molecule has 6 nitrogen and oxygen atoms in total. The molecule has 1 aromatic heterocycles. The molecule has 1 saturated heterocycles. The number of aromatic nitrogens is 2. The van der Waals surface area contributed by atoms with Crippen LogP contribution in [-0.4, -0.2) is 35.2 Å². The molecule has 0 bridgehead atoms. The van der Waals surface area contributed by atoms with E-state index in [-0.39, 0.29) is 18.1 Å². The molecular weight excluding hydrogens is 270 g/mol. The summed E-state index contributed by atoms with van der Waals surface area (Å²) in [4.78, 5) is 29.1. The summed E-state index contributed by atoms with van der Waals surface area (Å²) in [6, 6.07) is 9.04. The van der Waals surface area contributed by atoms with Crippen molar-refractivity contribution in [1.82, 2.24) is 9.55 Å². The molecule has 1 amide bonds. The van der Waals surface area contributed by atoms with Crippen molar-refractivity contribution < 1.29 is 9.53 Å². The summed E-state index contributed by atoms with van der Waals surface area (Å²) in [5, 5.41) is 0. The normalized spacial score (nSPS) is 15.2. The van der Waals surface area contributed by atoms with Crippen LogP contribution in [0.3, 0.4) is 0 Å². The maximum Gasteiger partial charge on any atom is 0.253 e. The molecule has 1 aliphatic heterocycles. The van der Waals surface area contributed by atoms with Crippen molar-refractivity contribution in [2.45, 2.75) is 6.54 Å². The van der Waals surface area contributed by atoms with E-state index in [1.54, 1.807) is 4.90 Å². The predicted octanol–water partition coefficient (Wildman–Crippen LogP) is 0.655. The molecule has 0 unspecified atom stereocenters. The van der Waals surface area contributed by atoms with E-state index in [1.165, 1.54) is 23.2 Å². The Morgan fingerprint density at radius 2 is 1.95 bits per heavy atom. The first-order chi connectivity index (χ1) is 10.2. The molecule has 0 atom stereocenters. The van der Waals surface area contributed by atoms with Gasteiger partial charge in [-0.25, -0.2) is 4.98 Å². The minimum atomic E-state index is -0.0857. The van der Waals surface area contributed by atoms with Crippen LogP contribution in [0.15, 0.2) is 47.7 Å². The molecule has 0 spiro atoms. The second-order valence-electron chi connectivity index (χ2n) is 4.81. The highest BCUT2D eigenvalue weighted by Gasteiger charge is 2.19. The van der Waals surface area contributed by atoms with Crippen molar-refractivity contribution in [3.63, 3.8) is 0 Å². The number of nitrogens with zero attached hydrogens (tertiary/aromatic N) is 3. The smallest absolute Gasteiger partial charge is 0.253 e. The zero-order chi connectivity index (χ0) is 14.7. The average molecular weight is 285 g/mol. The summed E-state index contributed by atoms with van der Waals surface area (Å²) >= 11 is 0. The molecule has 0 N–H and O–H groups in total. The van der Waals surface area contributed by atoms with Gasteiger partial charge in [-0.05, 0) is 17.7 Å². The molecule has 6 heteroatoms. The molecular formula is C15H15N3O3. The number of benzene rings is 1. The fraction of sp³-hybridized carbons (Fsp3) is 0.267. The van der Waals surface area contributed by atoms with Gasteiger partial charge in [0.2, 0.25) is 0 Å². The summed E-state index contributed by atoms with van der Waals surface area (Å²) in [5.74, 6) is -0.0301. The number of carbonyl (C=O) groups excluding carboxylic acids is 1. The van der Waals surface area contributed by atoms with Gasteiger partial charge in [-0.3, -0.25) is 14.2 Å². The van der Waals surface area contributed by atoms with Gasteiger partial charge < -0.3 is 9.64 Å². The first kappa shape index (κ1) is 13.5. The number of hydrogen-bond acceptors (Lipinski definition) is 4. The molecule has 21 heavy (non-hydrogen) atoms. The van der Waals surface area contributed by atoms with Crippen LogP contribution >= 0.6 is 0 Å². The molecule has 0 saturated carbocycles. The summed E-state index contributed by atoms with van der Waals surface area (Å²) in [5.41, 5.74) is 1.75. The van der Waals surface area contributed by atoms with Crippen molar-refractivity contribution in [3.05, 3.63) is 58.8 Å². The van der Waals surface area contributed by atoms with Gasteiger partial charge in [0.25, 0.3) is 11.5 Å². The molecule has 0 radical (unpaired) electrons. The second-order valence-corrected chi connectivity index (χ2v) is 4.81. The number of morpholine rings is 1. The van der Waals surface area contributed by atoms with Gasteiger partial charge in [0.15, 0.2) is 0 Å². The number of carbonyl (C=O) groups is 1. The molecule has 1 aromatic carbocycles. The summed E-state index contributed by atoms with van der Waals surface area (Å²) in [6.45, 7) is 1.72. The van der Waals surface area contributed by atoms with Crippen LogP contribution in [0.2, 0.25) is 0 Å². The Morgan fingerprint density at radius 3 is 2.67 bits per heavy atom. The van der Waals surface area contributed by atoms with Gasteiger partial charge in [0.1, 0.15) is 6.61 Å². The SMILES string of the molecule is O=C1COCCN1c1ccc(Cn2cnccc2=O)cc1. The van der Waals surface area contributed by atoms with Crippen LogP contribution < -0.4 is 10.5 Å². The fourth-order valence-electron chi connectivity index (χ4n) is 2.27. The zero-order valence-electron chi connectivity index (χ0n) is 11.4. The maximum atomic E-state index is 11.8. The van der Waals surface area contributed by atoms with Crippen molar-refractivity contribution >= 4 is 11.6 Å². The quantitative estimate of drug-likeness (QED) is 0.831. The van der Waals surface area contributed by atoms with E-state index in [4.69, 9.17) is 4.74 Å². The lowest BCUT2D eigenvalue weighted by Gasteiger charge is -2.26. The Kier molecular flexibility index (Phi) is 3.79. The highest BCUT2D eigenvalue weighted by atomic mass is 16.5. The van der Waals surface area contributed by atoms with Crippen molar-refractivity contribution in [2.75, 3.05) is 24.7 Å². The van der Waals surface area contributed by atoms with Crippen LogP contribution in [0, 0.1) is 0 Å². The lowest BCUT2D eigenvalue weighted by atomic mass is 10.2. The largest absolute Gasteiger partial charge is 0.370 e. The summed E-state index contributed by atoms with van der Waals surface area (Å²) in [6.07, 6.45) is 2.99. The van der Waals surface area contributed by atoms with E-state index >= 15 is 0 Å². The molecule has 2 heterocycles. The van der Waals surface area contributed by atoms with Crippen molar-refractivity contribution in [3.8, 4) is 0 Å². The molecule has 1 aliphatic rings. The van der Waals surface area contributed by atoms with E-state index in [9.17, 15) is 9.59 Å². The zero-order valence-corrected chi connectivity index (χ0v) is 11.4. The summed E-state index contributed by atoms with van der Waals surface area (Å²) < 4.78 is 6.65. The first-order valence-electron chi connectivity index (χ1n) is 6.71. The van der Waals surface area contributed by atoms with Gasteiger partial charge in [-0.2, -0.15) is 0 Å². The molecule has 1 fully saturated rings. The lowest BCUT2D eigenvalue weighted by molar-refractivity contribution is -0.125. The highest BCUT2D eigenvalue weighted by molar-refractivity contribution is 5.94. The second kappa shape index (κ2) is 5.88. The van der Waals surface area contributed by atoms with Gasteiger partial charge in [0.05, 0.1) is 19.5 Å². The molecule has 108 valence electrons. The Labute approximate surface area is 121 Å². The topological polar surface area (TPSA) is 64.4 Å². The third kappa shape index (κ3) is 3.00. The number of anilines is 1. The van der Waals surface area contributed by atoms with Crippen molar-refractivity contribution in [2.24, 2.45) is 0 Å². The Morgan fingerprint density at radius 1 is 1.14 bits per heavy atom. The maximum absolute atomic E-state index is 11.8. The van der Waals surface area contributed by atoms with Crippen LogP contribution in [0.1, 0.15) is 5.56 Å². The van der Waals surface area contributed by atoms with Crippen LogP contribution in [0.5, 0.6) is 0 Å². The Hall–Kier alpha value is -2.47. The first-order valence-corrected chi connectivity index (χ1v) is 6.71. The lowest BCUT2D eigenvalue weighted by Crippen LogP contribution is -2.41. The van der Waals surface area contributed by atoms with Gasteiger partial charge in [0, 0.05) is 24.5 Å². The predicted molar refractivity (Wildman–Crippen MR) is 77.2 cm³/mol. The third-order valence-electron chi connectivity index (χ3n) is 3.38. The van der Waals surface area contributed by atoms with Gasteiger partial charge >= 0.3 is 0 Å². The third-order valence-corrected chi connectivity index (χ3v) is 3.38. The van der Waals surface area contributed by atoms with E-state index < -0.39 is 0 Å². The van der Waals surface area contributed by atoms with Crippen LogP contribution in [0.25, 0.3) is 0 Å². The monoisotopic (exact) mass is 285 g/mol. The fourth-order valence-corrected chi connectivity index (χ4v) is 2.27. The molecule has 3 rings (SSSR count). The van der Waals surface area contributed by atoms with Gasteiger partial charge in [-0.15, -0.1) is 0 Å². The highest BCUT2D eigenvalue weighted by Crippen LogP contribution is 2.17. The Bertz CT molecular complexity index is 694. The molecule has 2 aromatic rings. The minimum absolute atomic E-state index is 0.0301. The van der Waals surface area contributed by atoms with E-state index in [2.05, 4.69) is 4.98 Å². The Balaban J connectivity index is 1.76. The van der Waals surface area contributed by atoms with E-state index in [0.29, 0.717) is 19.7 Å². The van der Waals surface area contributed by atoms with Crippen LogP contribution in [-0.2, 0) is 16.1 Å². The summed E-state index contributed by atoms with van der Waals surface area (Å²) in [7, 11) is 0. The van der Waals surface area contributed by atoms with Crippen LogP contribution in [0.4, 0.5) is 5.69 Å². The number of hydrogen-bond donors (Lipinski definition) is 0. The molecule has 0 aliphatic carbocycles. The van der Waals surface area contributed by atoms with Crippen molar-refractivity contribution in [1.29, 1.82) is 0 Å². The standard InChI is InChI=1S/C15H15N3O3/c19-14-5-6-16-11-17(14)9-12-1-3-13(4-2-12)18-7-8-21-10-15(18)20/h1-6,11H,7-10H2. The number of amides is 1. The van der Waals surface area contributed by atoms with E-state index in [0.717, 1.165) is 11.3 Å². The minimum Gasteiger partial charge on any atom is -0.370 e. The van der Waals surface area contributed by atoms with Gasteiger partial charge in [-0.1, -0.05) is 12.1 Å².